The normalized spacial score (nSPS) is 10.3. The van der Waals surface area contributed by atoms with Crippen molar-refractivity contribution in [1.29, 1.82) is 0 Å². The topological polar surface area (TPSA) is 58.2 Å². The standard InChI is InChI=1S/C14H18N2O2/c1-3-15-14(18)10-16-13(17)9-8-12-6-4-11(2)5-7-12/h4-9H,3,10H2,1-2H3,(H,15,18)(H,16,17)/b9-8+. The van der Waals surface area contributed by atoms with Gasteiger partial charge in [0.05, 0.1) is 6.54 Å². The summed E-state index contributed by atoms with van der Waals surface area (Å²) in [5.41, 5.74) is 2.13. The second-order valence-electron chi connectivity index (χ2n) is 3.92. The molecule has 2 amide bonds. The van der Waals surface area contributed by atoms with E-state index in [1.54, 1.807) is 6.08 Å². The van der Waals surface area contributed by atoms with Gasteiger partial charge in [-0.15, -0.1) is 0 Å². The van der Waals surface area contributed by atoms with Gasteiger partial charge in [-0.2, -0.15) is 0 Å². The first kappa shape index (κ1) is 14.0. The van der Waals surface area contributed by atoms with Crippen LogP contribution in [0.15, 0.2) is 30.3 Å². The van der Waals surface area contributed by atoms with E-state index in [4.69, 9.17) is 0 Å². The van der Waals surface area contributed by atoms with Gasteiger partial charge in [0.15, 0.2) is 0 Å². The number of likely N-dealkylation sites (N-methyl/N-ethyl adjacent to an activating group) is 1. The van der Waals surface area contributed by atoms with Crippen LogP contribution in [0.1, 0.15) is 18.1 Å². The molecule has 2 N–H and O–H groups in total. The number of hydrogen-bond acceptors (Lipinski definition) is 2. The van der Waals surface area contributed by atoms with Gasteiger partial charge in [-0.3, -0.25) is 9.59 Å². The Morgan fingerprint density at radius 3 is 2.44 bits per heavy atom. The molecule has 0 aliphatic rings. The predicted molar refractivity (Wildman–Crippen MR) is 71.9 cm³/mol. The van der Waals surface area contributed by atoms with Crippen LogP contribution in [0.2, 0.25) is 0 Å². The summed E-state index contributed by atoms with van der Waals surface area (Å²) in [6.45, 7) is 4.41. The van der Waals surface area contributed by atoms with E-state index in [0.717, 1.165) is 5.56 Å². The van der Waals surface area contributed by atoms with Crippen LogP contribution in [-0.2, 0) is 9.59 Å². The van der Waals surface area contributed by atoms with Crippen LogP contribution in [0, 0.1) is 6.92 Å². The highest BCUT2D eigenvalue weighted by Crippen LogP contribution is 2.04. The van der Waals surface area contributed by atoms with Crippen LogP contribution < -0.4 is 10.6 Å². The minimum Gasteiger partial charge on any atom is -0.355 e. The Bertz CT molecular complexity index is 436. The molecule has 0 radical (unpaired) electrons. The number of carbonyl (C=O) groups is 2. The fourth-order valence-corrected chi connectivity index (χ4v) is 1.34. The van der Waals surface area contributed by atoms with E-state index >= 15 is 0 Å². The number of benzene rings is 1. The Hall–Kier alpha value is -2.10. The second-order valence-corrected chi connectivity index (χ2v) is 3.92. The molecule has 4 heteroatoms. The van der Waals surface area contributed by atoms with Crippen molar-refractivity contribution in [3.63, 3.8) is 0 Å². The average Bonchev–Trinajstić information content (AvgIpc) is 2.36. The minimum absolute atomic E-state index is 0.00487. The molecule has 0 aromatic heterocycles. The summed E-state index contributed by atoms with van der Waals surface area (Å²) in [5.74, 6) is -0.462. The zero-order valence-electron chi connectivity index (χ0n) is 10.7. The van der Waals surface area contributed by atoms with Crippen LogP contribution >= 0.6 is 0 Å². The van der Waals surface area contributed by atoms with Crippen molar-refractivity contribution in [2.24, 2.45) is 0 Å². The van der Waals surface area contributed by atoms with E-state index in [0.29, 0.717) is 6.54 Å². The maximum absolute atomic E-state index is 11.4. The van der Waals surface area contributed by atoms with Crippen molar-refractivity contribution in [2.75, 3.05) is 13.1 Å². The summed E-state index contributed by atoms with van der Waals surface area (Å²) < 4.78 is 0. The molecule has 0 heterocycles. The minimum atomic E-state index is -0.276. The third kappa shape index (κ3) is 5.30. The van der Waals surface area contributed by atoms with Gasteiger partial charge >= 0.3 is 0 Å². The summed E-state index contributed by atoms with van der Waals surface area (Å²) in [7, 11) is 0. The number of amides is 2. The Balaban J connectivity index is 2.40. The van der Waals surface area contributed by atoms with E-state index in [9.17, 15) is 9.59 Å². The quantitative estimate of drug-likeness (QED) is 0.768. The maximum atomic E-state index is 11.4. The molecule has 0 aliphatic carbocycles. The van der Waals surface area contributed by atoms with Gasteiger partial charge in [-0.1, -0.05) is 29.8 Å². The third-order valence-corrected chi connectivity index (χ3v) is 2.30. The lowest BCUT2D eigenvalue weighted by Crippen LogP contribution is -2.35. The lowest BCUT2D eigenvalue weighted by Gasteiger charge is -2.02. The van der Waals surface area contributed by atoms with Gasteiger partial charge in [0.1, 0.15) is 0 Å². The van der Waals surface area contributed by atoms with Gasteiger partial charge in [0.25, 0.3) is 0 Å². The van der Waals surface area contributed by atoms with Gasteiger partial charge in [0, 0.05) is 12.6 Å². The molecule has 0 saturated carbocycles. The monoisotopic (exact) mass is 246 g/mol. The van der Waals surface area contributed by atoms with Crippen LogP contribution in [0.25, 0.3) is 6.08 Å². The highest BCUT2D eigenvalue weighted by Gasteiger charge is 2.00. The maximum Gasteiger partial charge on any atom is 0.244 e. The molecule has 0 saturated heterocycles. The van der Waals surface area contributed by atoms with Crippen molar-refractivity contribution in [3.05, 3.63) is 41.5 Å². The number of nitrogens with one attached hydrogen (secondary N) is 2. The van der Waals surface area contributed by atoms with Crippen LogP contribution in [0.3, 0.4) is 0 Å². The molecular weight excluding hydrogens is 228 g/mol. The average molecular weight is 246 g/mol. The summed E-state index contributed by atoms with van der Waals surface area (Å²) in [4.78, 5) is 22.5. The van der Waals surface area contributed by atoms with Crippen molar-refractivity contribution >= 4 is 17.9 Å². The molecule has 0 unspecified atom stereocenters. The van der Waals surface area contributed by atoms with E-state index in [2.05, 4.69) is 10.6 Å². The first-order valence-electron chi connectivity index (χ1n) is 5.91. The number of carbonyl (C=O) groups excluding carboxylic acids is 2. The smallest absolute Gasteiger partial charge is 0.244 e. The number of aryl methyl sites for hydroxylation is 1. The van der Waals surface area contributed by atoms with Gasteiger partial charge in [-0.25, -0.2) is 0 Å². The number of hydrogen-bond donors (Lipinski definition) is 2. The van der Waals surface area contributed by atoms with E-state index in [1.165, 1.54) is 11.6 Å². The Labute approximate surface area is 107 Å². The fraction of sp³-hybridized carbons (Fsp3) is 0.286. The Kier molecular flexibility index (Phi) is 5.64. The molecule has 0 atom stereocenters. The lowest BCUT2D eigenvalue weighted by molar-refractivity contribution is -0.123. The van der Waals surface area contributed by atoms with Crippen LogP contribution in [-0.4, -0.2) is 24.9 Å². The van der Waals surface area contributed by atoms with Crippen LogP contribution in [0.5, 0.6) is 0 Å². The molecule has 96 valence electrons. The SMILES string of the molecule is CCNC(=O)CNC(=O)/C=C/c1ccc(C)cc1. The highest BCUT2D eigenvalue weighted by atomic mass is 16.2. The highest BCUT2D eigenvalue weighted by molar-refractivity contribution is 5.94. The largest absolute Gasteiger partial charge is 0.355 e. The summed E-state index contributed by atoms with van der Waals surface area (Å²) >= 11 is 0. The van der Waals surface area contributed by atoms with Crippen molar-refractivity contribution in [2.45, 2.75) is 13.8 Å². The lowest BCUT2D eigenvalue weighted by atomic mass is 10.1. The summed E-state index contributed by atoms with van der Waals surface area (Å²) in [5, 5.41) is 5.11. The van der Waals surface area contributed by atoms with Crippen molar-refractivity contribution < 1.29 is 9.59 Å². The van der Waals surface area contributed by atoms with Crippen molar-refractivity contribution in [1.82, 2.24) is 10.6 Å². The molecule has 1 aromatic rings. The zero-order chi connectivity index (χ0) is 13.4. The van der Waals surface area contributed by atoms with Gasteiger partial charge < -0.3 is 10.6 Å². The zero-order valence-corrected chi connectivity index (χ0v) is 10.7. The summed E-state index contributed by atoms with van der Waals surface area (Å²) in [6, 6.07) is 7.82. The Morgan fingerprint density at radius 2 is 1.83 bits per heavy atom. The molecule has 0 bridgehead atoms. The van der Waals surface area contributed by atoms with Crippen LogP contribution in [0.4, 0.5) is 0 Å². The third-order valence-electron chi connectivity index (χ3n) is 2.30. The molecule has 0 fully saturated rings. The van der Waals surface area contributed by atoms with Crippen molar-refractivity contribution in [3.8, 4) is 0 Å². The number of rotatable bonds is 5. The predicted octanol–water partition coefficient (Wildman–Crippen LogP) is 1.26. The Morgan fingerprint density at radius 1 is 1.17 bits per heavy atom. The molecular formula is C14H18N2O2. The molecule has 18 heavy (non-hydrogen) atoms. The molecule has 1 rings (SSSR count). The first-order valence-corrected chi connectivity index (χ1v) is 5.91. The molecule has 0 aliphatic heterocycles. The molecule has 0 spiro atoms. The molecule has 1 aromatic carbocycles. The fourth-order valence-electron chi connectivity index (χ4n) is 1.34. The summed E-state index contributed by atoms with van der Waals surface area (Å²) in [6.07, 6.45) is 3.14. The van der Waals surface area contributed by atoms with E-state index in [1.807, 2.05) is 38.1 Å². The first-order chi connectivity index (χ1) is 8.61. The van der Waals surface area contributed by atoms with Gasteiger partial charge in [-0.05, 0) is 25.5 Å². The van der Waals surface area contributed by atoms with E-state index in [-0.39, 0.29) is 18.4 Å². The molecule has 4 nitrogen and oxygen atoms in total. The van der Waals surface area contributed by atoms with E-state index < -0.39 is 0 Å². The van der Waals surface area contributed by atoms with Gasteiger partial charge in [0.2, 0.25) is 11.8 Å². The second kappa shape index (κ2) is 7.27.